The van der Waals surface area contributed by atoms with E-state index in [4.69, 9.17) is 19.5 Å². The summed E-state index contributed by atoms with van der Waals surface area (Å²) in [6.45, 7) is 0. The minimum absolute atomic E-state index is 0.224. The van der Waals surface area contributed by atoms with Gasteiger partial charge < -0.3 is 24.6 Å². The highest BCUT2D eigenvalue weighted by molar-refractivity contribution is 6.46. The molecule has 0 saturated carbocycles. The van der Waals surface area contributed by atoms with Crippen LogP contribution < -0.4 is 0 Å². The van der Waals surface area contributed by atoms with Gasteiger partial charge in [0.2, 0.25) is 0 Å². The van der Waals surface area contributed by atoms with Crippen molar-refractivity contribution in [2.24, 2.45) is 0 Å². The van der Waals surface area contributed by atoms with E-state index >= 15 is 0 Å². The second-order valence-electron chi connectivity index (χ2n) is 2.97. The topological polar surface area (TPSA) is 79.2 Å². The third kappa shape index (κ3) is 1.57. The van der Waals surface area contributed by atoms with Crippen LogP contribution in [0.4, 0.5) is 0 Å². The van der Waals surface area contributed by atoms with Crippen molar-refractivity contribution in [1.29, 1.82) is 0 Å². The van der Waals surface area contributed by atoms with Gasteiger partial charge in [-0.3, -0.25) is 0 Å². The van der Waals surface area contributed by atoms with Crippen molar-refractivity contribution in [1.82, 2.24) is 0 Å². The molecule has 0 aliphatic heterocycles. The van der Waals surface area contributed by atoms with Crippen LogP contribution >= 0.6 is 0 Å². The molecule has 0 aromatic rings. The maximum Gasteiger partial charge on any atom is 0.493 e. The lowest BCUT2D eigenvalue weighted by Crippen LogP contribution is -2.57. The summed E-state index contributed by atoms with van der Waals surface area (Å²) in [4.78, 5) is 0. The van der Waals surface area contributed by atoms with E-state index in [1.165, 1.54) is 32.4 Å². The van der Waals surface area contributed by atoms with Crippen LogP contribution in [0.15, 0.2) is 24.0 Å². The lowest BCUT2D eigenvalue weighted by atomic mass is 9.62. The first kappa shape index (κ1) is 11.3. The Balaban J connectivity index is 3.02. The predicted octanol–water partition coefficient (Wildman–Crippen LogP) is -1.16. The maximum atomic E-state index is 9.76. The number of allylic oxidation sites excluding steroid dienone is 2. The van der Waals surface area contributed by atoms with Crippen LogP contribution in [0.25, 0.3) is 0 Å². The zero-order chi connectivity index (χ0) is 10.8. The Bertz CT molecular complexity index is 262. The van der Waals surface area contributed by atoms with Gasteiger partial charge in [0.1, 0.15) is 11.9 Å². The lowest BCUT2D eigenvalue weighted by Gasteiger charge is -2.35. The number of rotatable bonds is 3. The summed E-state index contributed by atoms with van der Waals surface area (Å²) < 4.78 is 9.80. The predicted molar refractivity (Wildman–Crippen MR) is 50.2 cm³/mol. The Morgan fingerprint density at radius 1 is 1.43 bits per heavy atom. The first-order chi connectivity index (χ1) is 6.58. The Hall–Kier alpha value is -0.815. The van der Waals surface area contributed by atoms with Gasteiger partial charge in [-0.25, -0.2) is 0 Å². The van der Waals surface area contributed by atoms with E-state index in [1.54, 1.807) is 0 Å². The van der Waals surface area contributed by atoms with Crippen LogP contribution in [0.2, 0.25) is 0 Å². The number of ether oxygens (including phenoxy) is 2. The molecule has 0 saturated heterocycles. The van der Waals surface area contributed by atoms with E-state index in [9.17, 15) is 5.11 Å². The van der Waals surface area contributed by atoms with Crippen molar-refractivity contribution in [3.63, 3.8) is 0 Å². The fourth-order valence-electron chi connectivity index (χ4n) is 1.39. The summed E-state index contributed by atoms with van der Waals surface area (Å²) in [6, 6.07) is 0. The van der Waals surface area contributed by atoms with Crippen LogP contribution in [-0.4, -0.2) is 48.1 Å². The normalized spacial score (nSPS) is 31.2. The molecule has 1 rings (SSSR count). The van der Waals surface area contributed by atoms with Crippen LogP contribution in [0.5, 0.6) is 0 Å². The second kappa shape index (κ2) is 4.14. The molecule has 1 aliphatic rings. The highest BCUT2D eigenvalue weighted by Gasteiger charge is 2.50. The van der Waals surface area contributed by atoms with Crippen LogP contribution in [0.1, 0.15) is 0 Å². The molecule has 2 unspecified atom stereocenters. The van der Waals surface area contributed by atoms with Gasteiger partial charge >= 0.3 is 7.12 Å². The minimum Gasteiger partial charge on any atom is -0.498 e. The maximum absolute atomic E-state index is 9.76. The average Bonchev–Trinajstić information content (AvgIpc) is 2.18. The zero-order valence-corrected chi connectivity index (χ0v) is 8.04. The molecule has 0 spiro atoms. The number of hydrogen-bond acceptors (Lipinski definition) is 5. The molecular weight excluding hydrogens is 187 g/mol. The molecule has 14 heavy (non-hydrogen) atoms. The molecule has 78 valence electrons. The number of aliphatic hydroxyl groups excluding tert-OH is 1. The van der Waals surface area contributed by atoms with Gasteiger partial charge in [0.25, 0.3) is 0 Å². The molecule has 3 N–H and O–H groups in total. The minimum atomic E-state index is -1.82. The summed E-state index contributed by atoms with van der Waals surface area (Å²) in [6.07, 6.45) is 3.21. The summed E-state index contributed by atoms with van der Waals surface area (Å²) in [5, 5.41) is 28.1. The summed E-state index contributed by atoms with van der Waals surface area (Å²) in [7, 11) is 0.849. The lowest BCUT2D eigenvalue weighted by molar-refractivity contribution is -0.0400. The SMILES string of the molecule is COC1=CC=CC(OC)(B(O)O)C1O. The van der Waals surface area contributed by atoms with Gasteiger partial charge in [-0.15, -0.1) is 0 Å². The third-order valence-electron chi connectivity index (χ3n) is 2.31. The monoisotopic (exact) mass is 200 g/mol. The van der Waals surface area contributed by atoms with Crippen molar-refractivity contribution >= 4 is 7.12 Å². The Kier molecular flexibility index (Phi) is 3.33. The molecule has 0 radical (unpaired) electrons. The fraction of sp³-hybridized carbons (Fsp3) is 0.500. The van der Waals surface area contributed by atoms with E-state index in [0.717, 1.165) is 0 Å². The van der Waals surface area contributed by atoms with E-state index in [2.05, 4.69) is 0 Å². The van der Waals surface area contributed by atoms with E-state index < -0.39 is 18.7 Å². The Morgan fingerprint density at radius 3 is 2.50 bits per heavy atom. The molecule has 6 heteroatoms. The zero-order valence-electron chi connectivity index (χ0n) is 8.04. The van der Waals surface area contributed by atoms with Gasteiger partial charge in [0.15, 0.2) is 5.50 Å². The van der Waals surface area contributed by atoms with Crippen molar-refractivity contribution < 1.29 is 24.6 Å². The molecular formula is C8H13BO5. The molecule has 0 fully saturated rings. The molecule has 0 heterocycles. The standard InChI is InChI=1S/C8H13BO5/c1-13-6-4-3-5-8(14-2,7(6)10)9(11)12/h3-5,7,10-12H,1-2H3. The third-order valence-corrected chi connectivity index (χ3v) is 2.31. The second-order valence-corrected chi connectivity index (χ2v) is 2.97. The van der Waals surface area contributed by atoms with Crippen LogP contribution in [0, 0.1) is 0 Å². The average molecular weight is 200 g/mol. The number of aliphatic hydroxyl groups is 1. The van der Waals surface area contributed by atoms with Crippen LogP contribution in [-0.2, 0) is 9.47 Å². The van der Waals surface area contributed by atoms with E-state index in [-0.39, 0.29) is 5.76 Å². The molecule has 0 aromatic carbocycles. The van der Waals surface area contributed by atoms with Gasteiger partial charge in [-0.1, -0.05) is 12.2 Å². The van der Waals surface area contributed by atoms with Crippen molar-refractivity contribution in [3.8, 4) is 0 Å². The quantitative estimate of drug-likeness (QED) is 0.501. The van der Waals surface area contributed by atoms with Gasteiger partial charge in [0, 0.05) is 7.11 Å². The largest absolute Gasteiger partial charge is 0.498 e. The number of methoxy groups -OCH3 is 2. The van der Waals surface area contributed by atoms with Crippen molar-refractivity contribution in [3.05, 3.63) is 24.0 Å². The Labute approximate surface area is 82.4 Å². The molecule has 0 aromatic heterocycles. The fourth-order valence-corrected chi connectivity index (χ4v) is 1.39. The highest BCUT2D eigenvalue weighted by Crippen LogP contribution is 2.28. The molecule has 5 nitrogen and oxygen atoms in total. The first-order valence-corrected chi connectivity index (χ1v) is 4.11. The molecule has 2 atom stereocenters. The summed E-state index contributed by atoms with van der Waals surface area (Å²) in [5.41, 5.74) is -1.56. The Morgan fingerprint density at radius 2 is 2.07 bits per heavy atom. The molecule has 0 amide bonds. The smallest absolute Gasteiger partial charge is 0.493 e. The van der Waals surface area contributed by atoms with Crippen LogP contribution in [0.3, 0.4) is 0 Å². The molecule has 1 aliphatic carbocycles. The van der Waals surface area contributed by atoms with E-state index in [1.807, 2.05) is 0 Å². The summed E-state index contributed by atoms with van der Waals surface area (Å²) >= 11 is 0. The van der Waals surface area contributed by atoms with Gasteiger partial charge in [0.05, 0.1) is 7.11 Å². The number of hydrogen-bond donors (Lipinski definition) is 3. The first-order valence-electron chi connectivity index (χ1n) is 4.11. The van der Waals surface area contributed by atoms with E-state index in [0.29, 0.717) is 0 Å². The van der Waals surface area contributed by atoms with Gasteiger partial charge in [-0.05, 0) is 6.08 Å². The van der Waals surface area contributed by atoms with Crippen molar-refractivity contribution in [2.75, 3.05) is 14.2 Å². The summed E-state index contributed by atoms with van der Waals surface area (Å²) in [5.74, 6) is 0.224. The molecule has 0 bridgehead atoms. The van der Waals surface area contributed by atoms with Crippen molar-refractivity contribution in [2.45, 2.75) is 11.6 Å². The highest BCUT2D eigenvalue weighted by atomic mass is 16.5. The van der Waals surface area contributed by atoms with Gasteiger partial charge in [-0.2, -0.15) is 0 Å².